The summed E-state index contributed by atoms with van der Waals surface area (Å²) in [5.41, 5.74) is -0.473. The molecule has 0 aliphatic carbocycles. The van der Waals surface area contributed by atoms with Crippen molar-refractivity contribution >= 4 is 0 Å². The van der Waals surface area contributed by atoms with Crippen LogP contribution in [0.2, 0.25) is 0 Å². The number of aromatic nitrogens is 5. The highest BCUT2D eigenvalue weighted by molar-refractivity contribution is 5.21. The summed E-state index contributed by atoms with van der Waals surface area (Å²) in [4.78, 5) is 1.93. The van der Waals surface area contributed by atoms with E-state index in [2.05, 4.69) is 15.4 Å². The Morgan fingerprint density at radius 3 is 2.70 bits per heavy atom. The van der Waals surface area contributed by atoms with Crippen molar-refractivity contribution in [3.05, 3.63) is 29.8 Å². The molecule has 9 heteroatoms. The molecule has 0 N–H and O–H groups in total. The van der Waals surface area contributed by atoms with Crippen LogP contribution in [0, 0.1) is 0 Å². The lowest BCUT2D eigenvalue weighted by atomic mass is 10.1. The maximum absolute atomic E-state index is 12.9. The predicted octanol–water partition coefficient (Wildman–Crippen LogP) is 1.09. The average molecular weight is 286 g/mol. The number of alkyl halides is 3. The van der Waals surface area contributed by atoms with Crippen molar-refractivity contribution in [1.29, 1.82) is 0 Å². The predicted molar refractivity (Wildman–Crippen MR) is 62.5 cm³/mol. The lowest BCUT2D eigenvalue weighted by Gasteiger charge is -2.38. The summed E-state index contributed by atoms with van der Waals surface area (Å²) in [6.45, 7) is 1.57. The molecular formula is C11H13F3N6. The fraction of sp³-hybridized carbons (Fsp3) is 0.545. The second-order valence-electron chi connectivity index (χ2n) is 4.87. The maximum Gasteiger partial charge on any atom is 0.433 e. The molecule has 108 valence electrons. The molecule has 0 aromatic carbocycles. The largest absolute Gasteiger partial charge is 0.433 e. The van der Waals surface area contributed by atoms with Crippen LogP contribution in [0.1, 0.15) is 17.3 Å². The number of hydrogen-bond acceptors (Lipinski definition) is 4. The van der Waals surface area contributed by atoms with Gasteiger partial charge in [-0.05, 0) is 0 Å². The highest BCUT2D eigenvalue weighted by atomic mass is 19.4. The van der Waals surface area contributed by atoms with Crippen molar-refractivity contribution in [2.45, 2.75) is 18.8 Å². The zero-order valence-electron chi connectivity index (χ0n) is 10.7. The van der Waals surface area contributed by atoms with E-state index in [1.165, 1.54) is 13.2 Å². The molecule has 1 fully saturated rings. The quantitative estimate of drug-likeness (QED) is 0.847. The summed E-state index contributed by atoms with van der Waals surface area (Å²) in [6, 6.07) is 0.184. The van der Waals surface area contributed by atoms with Gasteiger partial charge in [-0.15, -0.1) is 5.10 Å². The Kier molecular flexibility index (Phi) is 3.00. The van der Waals surface area contributed by atoms with E-state index in [4.69, 9.17) is 0 Å². The fourth-order valence-corrected chi connectivity index (χ4v) is 2.46. The Morgan fingerprint density at radius 1 is 1.35 bits per heavy atom. The number of hydrogen-bond donors (Lipinski definition) is 0. The molecule has 6 nitrogen and oxygen atoms in total. The molecule has 20 heavy (non-hydrogen) atoms. The minimum atomic E-state index is -4.38. The third-order valence-electron chi connectivity index (χ3n) is 3.43. The zero-order chi connectivity index (χ0) is 14.3. The highest BCUT2D eigenvalue weighted by Gasteiger charge is 2.38. The molecule has 0 bridgehead atoms. The number of nitrogens with zero attached hydrogens (tertiary/aromatic N) is 6. The molecular weight excluding hydrogens is 273 g/mol. The lowest BCUT2D eigenvalue weighted by Crippen LogP contribution is -2.47. The van der Waals surface area contributed by atoms with E-state index in [9.17, 15) is 13.2 Å². The van der Waals surface area contributed by atoms with Gasteiger partial charge >= 0.3 is 6.18 Å². The van der Waals surface area contributed by atoms with Crippen LogP contribution >= 0.6 is 0 Å². The first kappa shape index (κ1) is 13.1. The van der Waals surface area contributed by atoms with Gasteiger partial charge in [0.1, 0.15) is 5.69 Å². The van der Waals surface area contributed by atoms with Crippen molar-refractivity contribution in [1.82, 2.24) is 29.7 Å². The van der Waals surface area contributed by atoms with Crippen molar-refractivity contribution in [2.75, 3.05) is 13.1 Å². The number of aryl methyl sites for hydroxylation is 1. The molecule has 1 saturated heterocycles. The highest BCUT2D eigenvalue weighted by Crippen LogP contribution is 2.33. The third kappa shape index (κ3) is 2.28. The first-order valence-corrected chi connectivity index (χ1v) is 6.11. The molecule has 2 aromatic rings. The van der Waals surface area contributed by atoms with Crippen LogP contribution in [0.3, 0.4) is 0 Å². The molecule has 0 amide bonds. The summed E-state index contributed by atoms with van der Waals surface area (Å²) in [5, 5.41) is 11.3. The minimum Gasteiger partial charge on any atom is -0.295 e. The van der Waals surface area contributed by atoms with Gasteiger partial charge in [-0.2, -0.15) is 18.3 Å². The third-order valence-corrected chi connectivity index (χ3v) is 3.43. The molecule has 0 atom stereocenters. The van der Waals surface area contributed by atoms with Gasteiger partial charge in [-0.3, -0.25) is 9.58 Å². The Balaban J connectivity index is 1.66. The zero-order valence-corrected chi connectivity index (χ0v) is 10.7. The summed E-state index contributed by atoms with van der Waals surface area (Å²) in [5.74, 6) is 0. The average Bonchev–Trinajstić information content (AvgIpc) is 2.91. The van der Waals surface area contributed by atoms with Crippen molar-refractivity contribution in [3.63, 3.8) is 0 Å². The Labute approximate surface area is 112 Å². The standard InChI is InChI=1S/C11H13F3N6/c1-18-10(11(12,13)14)8(4-16-18)5-19-6-9(7-19)20-3-2-15-17-20/h2-4,9H,5-7H2,1H3. The normalized spacial score (nSPS) is 17.4. The van der Waals surface area contributed by atoms with Crippen molar-refractivity contribution < 1.29 is 13.2 Å². The Bertz CT molecular complexity index is 582. The van der Waals surface area contributed by atoms with Crippen LogP contribution in [0.4, 0.5) is 13.2 Å². The number of halogens is 3. The molecule has 2 aromatic heterocycles. The SMILES string of the molecule is Cn1ncc(CN2CC(n3ccnn3)C2)c1C(F)(F)F. The van der Waals surface area contributed by atoms with Gasteiger partial charge in [-0.25, -0.2) is 4.68 Å². The topological polar surface area (TPSA) is 51.8 Å². The van der Waals surface area contributed by atoms with E-state index < -0.39 is 11.9 Å². The van der Waals surface area contributed by atoms with Gasteiger partial charge in [0.2, 0.25) is 0 Å². The van der Waals surface area contributed by atoms with Crippen LogP contribution in [-0.2, 0) is 19.8 Å². The van der Waals surface area contributed by atoms with Crippen LogP contribution in [0.5, 0.6) is 0 Å². The van der Waals surface area contributed by atoms with Gasteiger partial charge in [-0.1, -0.05) is 5.21 Å². The van der Waals surface area contributed by atoms with Gasteiger partial charge < -0.3 is 0 Å². The van der Waals surface area contributed by atoms with Gasteiger partial charge in [0, 0.05) is 38.4 Å². The second kappa shape index (κ2) is 4.58. The minimum absolute atomic E-state index is 0.184. The number of rotatable bonds is 3. The van der Waals surface area contributed by atoms with E-state index in [1.54, 1.807) is 17.1 Å². The molecule has 3 heterocycles. The first-order chi connectivity index (χ1) is 9.45. The van der Waals surface area contributed by atoms with Crippen LogP contribution in [0.15, 0.2) is 18.6 Å². The monoisotopic (exact) mass is 286 g/mol. The molecule has 1 aliphatic heterocycles. The van der Waals surface area contributed by atoms with Crippen LogP contribution in [0.25, 0.3) is 0 Å². The molecule has 1 aliphatic rings. The summed E-state index contributed by atoms with van der Waals surface area (Å²) in [6.07, 6.45) is 0.251. The first-order valence-electron chi connectivity index (χ1n) is 6.11. The van der Waals surface area contributed by atoms with Crippen LogP contribution < -0.4 is 0 Å². The van der Waals surface area contributed by atoms with E-state index in [1.807, 2.05) is 4.90 Å². The molecule has 3 rings (SSSR count). The van der Waals surface area contributed by atoms with Crippen LogP contribution in [-0.4, -0.2) is 42.8 Å². The fourth-order valence-electron chi connectivity index (χ4n) is 2.46. The summed E-state index contributed by atoms with van der Waals surface area (Å²) >= 11 is 0. The smallest absolute Gasteiger partial charge is 0.295 e. The van der Waals surface area contributed by atoms with Crippen molar-refractivity contribution in [2.24, 2.45) is 7.05 Å². The van der Waals surface area contributed by atoms with Gasteiger partial charge in [0.05, 0.1) is 18.4 Å². The molecule has 0 spiro atoms. The summed E-state index contributed by atoms with van der Waals surface area (Å²) < 4.78 is 41.3. The maximum atomic E-state index is 12.9. The molecule has 0 unspecified atom stereocenters. The Morgan fingerprint density at radius 2 is 2.10 bits per heavy atom. The van der Waals surface area contributed by atoms with E-state index in [-0.39, 0.29) is 18.2 Å². The van der Waals surface area contributed by atoms with Crippen molar-refractivity contribution in [3.8, 4) is 0 Å². The lowest BCUT2D eigenvalue weighted by molar-refractivity contribution is -0.144. The molecule has 0 saturated carbocycles. The second-order valence-corrected chi connectivity index (χ2v) is 4.87. The van der Waals surface area contributed by atoms with Gasteiger partial charge in [0.15, 0.2) is 0 Å². The van der Waals surface area contributed by atoms with E-state index >= 15 is 0 Å². The van der Waals surface area contributed by atoms with E-state index in [0.29, 0.717) is 13.1 Å². The van der Waals surface area contributed by atoms with E-state index in [0.717, 1.165) is 4.68 Å². The van der Waals surface area contributed by atoms with Gasteiger partial charge in [0.25, 0.3) is 0 Å². The number of likely N-dealkylation sites (tertiary alicyclic amines) is 1. The molecule has 0 radical (unpaired) electrons. The summed E-state index contributed by atoms with van der Waals surface area (Å²) in [7, 11) is 1.31. The Hall–Kier alpha value is -1.90.